The molecule has 2 aromatic rings. The number of hydrogen-bond donors (Lipinski definition) is 1. The molecule has 1 aromatic heterocycles. The van der Waals surface area contributed by atoms with E-state index in [4.69, 9.17) is 4.74 Å². The fourth-order valence-corrected chi connectivity index (χ4v) is 2.55. The van der Waals surface area contributed by atoms with E-state index in [1.165, 1.54) is 23.5 Å². The Morgan fingerprint density at radius 2 is 2.14 bits per heavy atom. The van der Waals surface area contributed by atoms with Gasteiger partial charge in [0.25, 0.3) is 5.91 Å². The molecule has 2 rings (SSSR count). The Kier molecular flexibility index (Phi) is 5.46. The Morgan fingerprint density at radius 3 is 2.81 bits per heavy atom. The number of benzene rings is 1. The third-order valence-corrected chi connectivity index (χ3v) is 3.84. The van der Waals surface area contributed by atoms with Crippen LogP contribution in [-0.2, 0) is 20.7 Å². The highest BCUT2D eigenvalue weighted by molar-refractivity contribution is 9.10. The SMILES string of the molecule is O=C(COC(=O)Cc1cccs1)Nc1ccc(Br)cc1F. The normalized spacial score (nSPS) is 10.2. The van der Waals surface area contributed by atoms with Crippen LogP contribution in [0.1, 0.15) is 4.88 Å². The third-order valence-electron chi connectivity index (χ3n) is 2.47. The lowest BCUT2D eigenvalue weighted by molar-refractivity contribution is -0.146. The van der Waals surface area contributed by atoms with Crippen LogP contribution in [-0.4, -0.2) is 18.5 Å². The molecule has 1 aromatic carbocycles. The zero-order chi connectivity index (χ0) is 15.2. The summed E-state index contributed by atoms with van der Waals surface area (Å²) in [7, 11) is 0. The van der Waals surface area contributed by atoms with Crippen molar-refractivity contribution in [2.24, 2.45) is 0 Å². The molecule has 0 radical (unpaired) electrons. The average Bonchev–Trinajstić information content (AvgIpc) is 2.92. The van der Waals surface area contributed by atoms with Crippen molar-refractivity contribution in [1.82, 2.24) is 0 Å². The van der Waals surface area contributed by atoms with Crippen molar-refractivity contribution < 1.29 is 18.7 Å². The second-order valence-electron chi connectivity index (χ2n) is 4.09. The Hall–Kier alpha value is -1.73. The van der Waals surface area contributed by atoms with Gasteiger partial charge in [0, 0.05) is 9.35 Å². The topological polar surface area (TPSA) is 55.4 Å². The molecule has 0 fully saturated rings. The van der Waals surface area contributed by atoms with Crippen molar-refractivity contribution >= 4 is 44.8 Å². The van der Waals surface area contributed by atoms with Gasteiger partial charge in [0.05, 0.1) is 12.1 Å². The van der Waals surface area contributed by atoms with Gasteiger partial charge in [0.2, 0.25) is 0 Å². The summed E-state index contributed by atoms with van der Waals surface area (Å²) in [5, 5.41) is 4.20. The van der Waals surface area contributed by atoms with Gasteiger partial charge in [-0.3, -0.25) is 9.59 Å². The van der Waals surface area contributed by atoms with Gasteiger partial charge in [-0.05, 0) is 29.6 Å². The molecule has 1 N–H and O–H groups in total. The molecule has 7 heteroatoms. The van der Waals surface area contributed by atoms with Gasteiger partial charge >= 0.3 is 5.97 Å². The first kappa shape index (κ1) is 15.7. The summed E-state index contributed by atoms with van der Waals surface area (Å²) in [6, 6.07) is 7.89. The number of ether oxygens (including phenoxy) is 1. The van der Waals surface area contributed by atoms with Crippen molar-refractivity contribution in [2.45, 2.75) is 6.42 Å². The van der Waals surface area contributed by atoms with Gasteiger partial charge in [-0.15, -0.1) is 11.3 Å². The first-order valence-corrected chi connectivity index (χ1v) is 7.65. The van der Waals surface area contributed by atoms with Gasteiger partial charge in [-0.2, -0.15) is 0 Å². The van der Waals surface area contributed by atoms with Crippen molar-refractivity contribution in [3.05, 3.63) is 50.9 Å². The second kappa shape index (κ2) is 7.33. The Bertz CT molecular complexity index is 646. The number of carbonyl (C=O) groups is 2. The van der Waals surface area contributed by atoms with Crippen LogP contribution in [0.4, 0.5) is 10.1 Å². The van der Waals surface area contributed by atoms with E-state index < -0.39 is 24.3 Å². The third kappa shape index (κ3) is 4.95. The minimum atomic E-state index is -0.587. The molecule has 0 aliphatic carbocycles. The van der Waals surface area contributed by atoms with Gasteiger partial charge in [0.1, 0.15) is 5.82 Å². The second-order valence-corrected chi connectivity index (χ2v) is 6.04. The summed E-state index contributed by atoms with van der Waals surface area (Å²) < 4.78 is 18.9. The van der Waals surface area contributed by atoms with E-state index in [-0.39, 0.29) is 12.1 Å². The number of hydrogen-bond acceptors (Lipinski definition) is 4. The minimum absolute atomic E-state index is 0.0394. The van der Waals surface area contributed by atoms with E-state index in [9.17, 15) is 14.0 Å². The maximum atomic E-state index is 13.5. The molecule has 0 unspecified atom stereocenters. The number of thiophene rings is 1. The van der Waals surface area contributed by atoms with E-state index in [2.05, 4.69) is 21.2 Å². The van der Waals surface area contributed by atoms with Crippen LogP contribution in [0.3, 0.4) is 0 Å². The first-order chi connectivity index (χ1) is 10.0. The van der Waals surface area contributed by atoms with Gasteiger partial charge in [-0.1, -0.05) is 22.0 Å². The highest BCUT2D eigenvalue weighted by atomic mass is 79.9. The fourth-order valence-electron chi connectivity index (χ4n) is 1.53. The first-order valence-electron chi connectivity index (χ1n) is 5.97. The van der Waals surface area contributed by atoms with E-state index in [0.717, 1.165) is 4.88 Å². The van der Waals surface area contributed by atoms with Gasteiger partial charge < -0.3 is 10.1 Å². The molecule has 1 heterocycles. The van der Waals surface area contributed by atoms with Crippen LogP contribution >= 0.6 is 27.3 Å². The van der Waals surface area contributed by atoms with E-state index in [1.54, 1.807) is 6.07 Å². The Labute approximate surface area is 133 Å². The fraction of sp³-hybridized carbons (Fsp3) is 0.143. The van der Waals surface area contributed by atoms with E-state index in [1.807, 2.05) is 17.5 Å². The van der Waals surface area contributed by atoms with Crippen LogP contribution in [0.15, 0.2) is 40.2 Å². The number of halogens is 2. The smallest absolute Gasteiger partial charge is 0.311 e. The lowest BCUT2D eigenvalue weighted by Crippen LogP contribution is -2.22. The number of carbonyl (C=O) groups excluding carboxylic acids is 2. The molecule has 110 valence electrons. The summed E-state index contributed by atoms with van der Waals surface area (Å²) in [6.07, 6.45) is 0.123. The van der Waals surface area contributed by atoms with Crippen molar-refractivity contribution in [3.8, 4) is 0 Å². The Morgan fingerprint density at radius 1 is 1.33 bits per heavy atom. The van der Waals surface area contributed by atoms with Crippen LogP contribution in [0.2, 0.25) is 0 Å². The molecule has 1 amide bonds. The molecule has 0 saturated carbocycles. The van der Waals surface area contributed by atoms with Crippen molar-refractivity contribution in [2.75, 3.05) is 11.9 Å². The maximum Gasteiger partial charge on any atom is 0.311 e. The van der Waals surface area contributed by atoms with Crippen LogP contribution in [0, 0.1) is 5.82 Å². The molecule has 0 aliphatic heterocycles. The number of amides is 1. The number of nitrogens with one attached hydrogen (secondary N) is 1. The van der Waals surface area contributed by atoms with E-state index in [0.29, 0.717) is 4.47 Å². The van der Waals surface area contributed by atoms with Crippen LogP contribution in [0.5, 0.6) is 0 Å². The molecule has 0 spiro atoms. The molecule has 4 nitrogen and oxygen atoms in total. The van der Waals surface area contributed by atoms with Crippen molar-refractivity contribution in [1.29, 1.82) is 0 Å². The highest BCUT2D eigenvalue weighted by Gasteiger charge is 2.11. The average molecular weight is 372 g/mol. The molecule has 0 bridgehead atoms. The molecule has 0 aliphatic rings. The predicted octanol–water partition coefficient (Wildman–Crippen LogP) is 3.37. The quantitative estimate of drug-likeness (QED) is 0.819. The van der Waals surface area contributed by atoms with Crippen LogP contribution < -0.4 is 5.32 Å². The standard InChI is InChI=1S/C14H11BrFNO3S/c15-9-3-4-12(11(16)6-9)17-13(18)8-20-14(19)7-10-2-1-5-21-10/h1-6H,7-8H2,(H,17,18). The Balaban J connectivity index is 1.80. The van der Waals surface area contributed by atoms with E-state index >= 15 is 0 Å². The van der Waals surface area contributed by atoms with Gasteiger partial charge in [-0.25, -0.2) is 4.39 Å². The van der Waals surface area contributed by atoms with Crippen LogP contribution in [0.25, 0.3) is 0 Å². The molecule has 0 saturated heterocycles. The number of rotatable bonds is 5. The summed E-state index contributed by atoms with van der Waals surface area (Å²) in [5.41, 5.74) is 0.0394. The molecular weight excluding hydrogens is 361 g/mol. The zero-order valence-corrected chi connectivity index (χ0v) is 13.2. The summed E-state index contributed by atoms with van der Waals surface area (Å²) in [6.45, 7) is -0.445. The minimum Gasteiger partial charge on any atom is -0.455 e. The summed E-state index contributed by atoms with van der Waals surface area (Å²) >= 11 is 4.56. The lowest BCUT2D eigenvalue weighted by Gasteiger charge is -2.07. The molecule has 21 heavy (non-hydrogen) atoms. The maximum absolute atomic E-state index is 13.5. The number of esters is 1. The molecule has 0 atom stereocenters. The summed E-state index contributed by atoms with van der Waals surface area (Å²) in [4.78, 5) is 24.0. The monoisotopic (exact) mass is 371 g/mol. The number of anilines is 1. The molecular formula is C14H11BrFNO3S. The highest BCUT2D eigenvalue weighted by Crippen LogP contribution is 2.19. The predicted molar refractivity (Wildman–Crippen MR) is 81.7 cm³/mol. The summed E-state index contributed by atoms with van der Waals surface area (Å²) in [5.74, 6) is -1.65. The van der Waals surface area contributed by atoms with Crippen molar-refractivity contribution in [3.63, 3.8) is 0 Å². The lowest BCUT2D eigenvalue weighted by atomic mass is 10.3. The van der Waals surface area contributed by atoms with Gasteiger partial charge in [0.15, 0.2) is 6.61 Å². The zero-order valence-electron chi connectivity index (χ0n) is 10.8. The largest absolute Gasteiger partial charge is 0.455 e.